The summed E-state index contributed by atoms with van der Waals surface area (Å²) in [6.07, 6.45) is 4.82. The Balaban J connectivity index is 1.49. The average molecular weight is 471 g/mol. The number of benzene rings is 2. The van der Waals surface area contributed by atoms with Crippen LogP contribution in [-0.4, -0.2) is 57.4 Å². The van der Waals surface area contributed by atoms with Crippen LogP contribution >= 0.6 is 0 Å². The van der Waals surface area contributed by atoms with Gasteiger partial charge in [-0.05, 0) is 49.0 Å². The molecule has 0 spiro atoms. The molecule has 0 bridgehead atoms. The number of carbonyl (C=O) groups excluding carboxylic acids is 4. The smallest absolute Gasteiger partial charge is 0.271 e. The van der Waals surface area contributed by atoms with Crippen molar-refractivity contribution in [1.82, 2.24) is 14.8 Å². The van der Waals surface area contributed by atoms with E-state index in [4.69, 9.17) is 5.10 Å². The molecule has 178 valence electrons. The summed E-state index contributed by atoms with van der Waals surface area (Å²) in [7, 11) is 0. The van der Waals surface area contributed by atoms with Gasteiger partial charge in [-0.1, -0.05) is 60.7 Å². The third kappa shape index (κ3) is 4.05. The summed E-state index contributed by atoms with van der Waals surface area (Å²) in [6, 6.07) is 18.6. The normalized spacial score (nSPS) is 23.2. The summed E-state index contributed by atoms with van der Waals surface area (Å²) in [6.45, 7) is 1.16. The second-order valence-electron chi connectivity index (χ2n) is 8.88. The maximum atomic E-state index is 13.5. The predicted molar refractivity (Wildman–Crippen MR) is 130 cm³/mol. The number of fused-ring (bicyclic) bond motifs is 1. The predicted octanol–water partition coefficient (Wildman–Crippen LogP) is 3.62. The van der Waals surface area contributed by atoms with Crippen LogP contribution in [0.15, 0.2) is 71.3 Å². The Kier molecular flexibility index (Phi) is 6.03. The molecule has 0 radical (unpaired) electrons. The zero-order valence-electron chi connectivity index (χ0n) is 19.5. The summed E-state index contributed by atoms with van der Waals surface area (Å²) < 4.78 is 0. The number of nitrogens with zero attached hydrogens (tertiary/aromatic N) is 4. The van der Waals surface area contributed by atoms with Crippen LogP contribution in [0.5, 0.6) is 0 Å². The molecule has 2 atom stereocenters. The topological polar surface area (TPSA) is 90.4 Å². The van der Waals surface area contributed by atoms with E-state index in [9.17, 15) is 19.2 Å². The molecule has 1 aliphatic carbocycles. The number of hydrazone groups is 1. The van der Waals surface area contributed by atoms with Crippen LogP contribution in [0, 0.1) is 5.92 Å². The molecular formula is C27H26N4O4. The molecule has 2 aliphatic heterocycles. The van der Waals surface area contributed by atoms with Crippen LogP contribution in [0.1, 0.15) is 43.4 Å². The number of allylic oxidation sites excluding steroid dienone is 1. The molecule has 2 fully saturated rings. The Hall–Kier alpha value is -4.07. The van der Waals surface area contributed by atoms with E-state index < -0.39 is 30.3 Å². The molecule has 0 N–H and O–H groups in total. The highest BCUT2D eigenvalue weighted by Crippen LogP contribution is 2.44. The van der Waals surface area contributed by atoms with Crippen molar-refractivity contribution in [3.8, 4) is 0 Å². The maximum absolute atomic E-state index is 13.5. The van der Waals surface area contributed by atoms with Gasteiger partial charge in [-0.15, -0.1) is 0 Å². The summed E-state index contributed by atoms with van der Waals surface area (Å²) in [4.78, 5) is 52.2. The van der Waals surface area contributed by atoms with Crippen LogP contribution in [0.3, 0.4) is 0 Å². The molecular weight excluding hydrogens is 444 g/mol. The van der Waals surface area contributed by atoms with Crippen molar-refractivity contribution in [2.75, 3.05) is 13.1 Å². The van der Waals surface area contributed by atoms with Gasteiger partial charge in [0.15, 0.2) is 0 Å². The van der Waals surface area contributed by atoms with E-state index in [1.807, 2.05) is 60.7 Å². The van der Waals surface area contributed by atoms with Crippen LogP contribution in [0.2, 0.25) is 0 Å². The fourth-order valence-electron chi connectivity index (χ4n) is 5.12. The van der Waals surface area contributed by atoms with Gasteiger partial charge < -0.3 is 0 Å². The Morgan fingerprint density at radius 2 is 1.63 bits per heavy atom. The molecule has 2 aromatic carbocycles. The van der Waals surface area contributed by atoms with E-state index >= 15 is 0 Å². The second kappa shape index (κ2) is 9.29. The van der Waals surface area contributed by atoms with Gasteiger partial charge in [-0.25, -0.2) is 14.7 Å². The minimum atomic E-state index is -0.976. The number of imide groups is 2. The molecule has 2 aromatic rings. The van der Waals surface area contributed by atoms with Crippen LogP contribution in [0.25, 0.3) is 6.08 Å². The van der Waals surface area contributed by atoms with E-state index in [1.165, 1.54) is 5.01 Å². The Morgan fingerprint density at radius 1 is 0.971 bits per heavy atom. The Bertz CT molecular complexity index is 1240. The SMILES string of the molecule is CCN1C(=O)C(=O)N(CC(=O)N2N=C3/C(=C\c4ccccc4)CCCC3C2c2ccccc2)C1=O. The van der Waals surface area contributed by atoms with Crippen molar-refractivity contribution in [1.29, 1.82) is 0 Å². The highest BCUT2D eigenvalue weighted by molar-refractivity contribution is 6.45. The number of hydrogen-bond acceptors (Lipinski definition) is 5. The van der Waals surface area contributed by atoms with Crippen molar-refractivity contribution in [3.05, 3.63) is 77.4 Å². The summed E-state index contributed by atoms with van der Waals surface area (Å²) in [5, 5.41) is 6.20. The van der Waals surface area contributed by atoms with Gasteiger partial charge >= 0.3 is 17.8 Å². The van der Waals surface area contributed by atoms with Crippen molar-refractivity contribution in [2.45, 2.75) is 32.2 Å². The van der Waals surface area contributed by atoms with Crippen molar-refractivity contribution < 1.29 is 19.2 Å². The Morgan fingerprint density at radius 3 is 2.29 bits per heavy atom. The molecule has 1 saturated heterocycles. The number of carbonyl (C=O) groups is 4. The molecule has 5 rings (SSSR count). The summed E-state index contributed by atoms with van der Waals surface area (Å²) >= 11 is 0. The lowest BCUT2D eigenvalue weighted by Gasteiger charge is -2.30. The molecule has 0 aromatic heterocycles. The number of hydrogen-bond donors (Lipinski definition) is 0. The van der Waals surface area contributed by atoms with E-state index in [1.54, 1.807) is 6.92 Å². The fraction of sp³-hybridized carbons (Fsp3) is 0.296. The minimum absolute atomic E-state index is 0.00353. The van der Waals surface area contributed by atoms with Gasteiger partial charge in [0.1, 0.15) is 6.54 Å². The van der Waals surface area contributed by atoms with Crippen LogP contribution < -0.4 is 0 Å². The van der Waals surface area contributed by atoms with Gasteiger partial charge in [0, 0.05) is 12.5 Å². The molecule has 5 amide bonds. The molecule has 35 heavy (non-hydrogen) atoms. The van der Waals surface area contributed by atoms with Gasteiger partial charge in [-0.2, -0.15) is 5.10 Å². The number of rotatable bonds is 5. The number of likely N-dealkylation sites (N-methyl/N-ethyl adjacent to an activating group) is 1. The largest absolute Gasteiger partial charge is 0.334 e. The molecule has 3 aliphatic rings. The molecule has 8 nitrogen and oxygen atoms in total. The van der Waals surface area contributed by atoms with E-state index in [0.29, 0.717) is 0 Å². The second-order valence-corrected chi connectivity index (χ2v) is 8.88. The first kappa shape index (κ1) is 22.7. The first-order valence-electron chi connectivity index (χ1n) is 11.9. The van der Waals surface area contributed by atoms with Gasteiger partial charge in [-0.3, -0.25) is 19.3 Å². The Labute approximate surface area is 203 Å². The first-order valence-corrected chi connectivity index (χ1v) is 11.9. The molecule has 2 unspecified atom stereocenters. The standard InChI is InChI=1S/C27H26N4O4/c1-2-29-25(33)26(34)30(27(29)35)17-22(32)31-24(19-12-7-4-8-13-19)21-15-9-14-20(23(21)28-31)16-18-10-5-3-6-11-18/h3-8,10-13,16,21,24H,2,9,14-15,17H2,1H3/b20-16-. The quantitative estimate of drug-likeness (QED) is 0.493. The number of urea groups is 1. The van der Waals surface area contributed by atoms with Crippen molar-refractivity contribution in [2.24, 2.45) is 11.0 Å². The van der Waals surface area contributed by atoms with E-state index in [-0.39, 0.29) is 18.5 Å². The fourth-order valence-corrected chi connectivity index (χ4v) is 5.12. The van der Waals surface area contributed by atoms with Crippen LogP contribution in [-0.2, 0) is 14.4 Å². The monoisotopic (exact) mass is 470 g/mol. The zero-order valence-corrected chi connectivity index (χ0v) is 19.5. The lowest BCUT2D eigenvalue weighted by atomic mass is 9.77. The maximum Gasteiger partial charge on any atom is 0.334 e. The van der Waals surface area contributed by atoms with Crippen LogP contribution in [0.4, 0.5) is 4.79 Å². The highest BCUT2D eigenvalue weighted by atomic mass is 16.2. The van der Waals surface area contributed by atoms with Gasteiger partial charge in [0.2, 0.25) is 0 Å². The zero-order chi connectivity index (χ0) is 24.5. The van der Waals surface area contributed by atoms with E-state index in [0.717, 1.165) is 51.5 Å². The van der Waals surface area contributed by atoms with Crippen molar-refractivity contribution >= 4 is 35.5 Å². The molecule has 8 heteroatoms. The van der Waals surface area contributed by atoms with Gasteiger partial charge in [0.25, 0.3) is 5.91 Å². The molecule has 2 heterocycles. The highest BCUT2D eigenvalue weighted by Gasteiger charge is 2.48. The lowest BCUT2D eigenvalue weighted by Crippen LogP contribution is -2.42. The summed E-state index contributed by atoms with van der Waals surface area (Å²) in [5.41, 5.74) is 3.96. The lowest BCUT2D eigenvalue weighted by molar-refractivity contribution is -0.145. The van der Waals surface area contributed by atoms with E-state index in [2.05, 4.69) is 6.08 Å². The average Bonchev–Trinajstić information content (AvgIpc) is 3.37. The molecule has 1 saturated carbocycles. The van der Waals surface area contributed by atoms with Crippen molar-refractivity contribution in [3.63, 3.8) is 0 Å². The third-order valence-corrected chi connectivity index (χ3v) is 6.78. The van der Waals surface area contributed by atoms with Gasteiger partial charge in [0.05, 0.1) is 11.8 Å². The number of amides is 5. The first-order chi connectivity index (χ1) is 17.0. The minimum Gasteiger partial charge on any atom is -0.271 e. The summed E-state index contributed by atoms with van der Waals surface area (Å²) in [5.74, 6) is -2.37. The third-order valence-electron chi connectivity index (χ3n) is 6.78.